The van der Waals surface area contributed by atoms with Crippen molar-refractivity contribution < 1.29 is 102 Å². The Bertz CT molecular complexity index is 4560. The van der Waals surface area contributed by atoms with E-state index >= 15 is 0 Å². The quantitative estimate of drug-likeness (QED) is 0.0262. The minimum Gasteiger partial charge on any atom is -0.507 e. The number of halogens is 7. The van der Waals surface area contributed by atoms with Gasteiger partial charge < -0.3 is 67.8 Å². The predicted octanol–water partition coefficient (Wildman–Crippen LogP) is 11.2. The zero-order valence-electron chi connectivity index (χ0n) is 61.1. The zero-order valence-corrected chi connectivity index (χ0v) is 61.1. The molecule has 0 aliphatic carbocycles. The van der Waals surface area contributed by atoms with Crippen LogP contribution in [0.2, 0.25) is 0 Å². The standard InChI is InChI=1S/C41H41F7N4O8.C37H42N4O7.CH4/c1-20-13-23-14-25-27(16-49)52-26(32(51(25)3)30(23)36(33(20)56-5)57-18-55-4)15-24-31(28(52)17-50-29(53)12-11-22-9-7-6-8-10-22)37-35(58-19-59-37)21(2)34(24)60-38(54)39(42,43)40(44,45)41(46,47)48;1-20-13-23-14-25-27(16-38)41-26(32(40(25)3)30(23)36(34(20)45-5)46-18-44-4)15-24-31(37-35(47-19-48-37)21(2)33(24)43)28(41)17-39-29(42)12-11-22-9-7-6-8-10-22;/h6-10,13,25-28,32H,11-12,14-15,17-19H2,1-5H3,(H,50,53);6-10,13,25-28,32,43H,11-12,14-15,17-19H2,1-5H3,(H,39,42);1H4/t2*25-,26?,27-,28-,32-;/m00./s1. The third-order valence-electron chi connectivity index (χ3n) is 22.3. The molecule has 2 amide bonds. The number of esters is 1. The molecule has 8 heterocycles. The van der Waals surface area contributed by atoms with Crippen molar-refractivity contribution in [3.63, 3.8) is 0 Å². The fraction of sp³-hybridized carbons (Fsp3) is 0.481. The first-order valence-electron chi connectivity index (χ1n) is 35.3. The number of ether oxygens (including phenoxy) is 11. The number of nitrogens with zero attached hydrogens (tertiary/aromatic N) is 6. The van der Waals surface area contributed by atoms with Gasteiger partial charge in [0.2, 0.25) is 25.4 Å². The number of fused-ring (bicyclic) bond motifs is 18. The second-order valence-corrected chi connectivity index (χ2v) is 28.2. The normalized spacial score (nSPS) is 22.7. The maximum atomic E-state index is 15.0. The van der Waals surface area contributed by atoms with Gasteiger partial charge in [-0.3, -0.25) is 29.2 Å². The number of nitriles is 2. The molecule has 2 fully saturated rings. The number of carbonyl (C=O) groups excluding carboxylic acids is 3. The molecule has 109 heavy (non-hydrogen) atoms. The van der Waals surface area contributed by atoms with Gasteiger partial charge in [-0.2, -0.15) is 41.3 Å². The molecule has 0 saturated carbocycles. The second kappa shape index (κ2) is 31.3. The van der Waals surface area contributed by atoms with E-state index in [0.717, 1.165) is 50.1 Å². The third-order valence-corrected chi connectivity index (χ3v) is 22.3. The summed E-state index contributed by atoms with van der Waals surface area (Å²) in [7, 11) is 9.96. The Labute approximate surface area is 626 Å². The number of piperazine rings is 2. The fourth-order valence-corrected chi connectivity index (χ4v) is 17.6. The molecule has 0 radical (unpaired) electrons. The van der Waals surface area contributed by atoms with Gasteiger partial charge in [-0.1, -0.05) is 80.2 Å². The van der Waals surface area contributed by atoms with Crippen LogP contribution in [-0.4, -0.2) is 180 Å². The Kier molecular flexibility index (Phi) is 22.6. The van der Waals surface area contributed by atoms with Gasteiger partial charge in [0.15, 0.2) is 59.6 Å². The summed E-state index contributed by atoms with van der Waals surface area (Å²) < 4.78 is 161. The van der Waals surface area contributed by atoms with Gasteiger partial charge in [-0.25, -0.2) is 4.79 Å². The predicted molar refractivity (Wildman–Crippen MR) is 380 cm³/mol. The topological polar surface area (TPSA) is 258 Å². The number of nitrogens with one attached hydrogen (secondary N) is 2. The Balaban J connectivity index is 0.000000206. The van der Waals surface area contributed by atoms with Crippen molar-refractivity contribution in [1.82, 2.24) is 30.2 Å². The number of rotatable bonds is 21. The molecule has 0 aromatic heterocycles. The van der Waals surface area contributed by atoms with E-state index < -0.39 is 84.7 Å². The smallest absolute Gasteiger partial charge is 0.460 e. The first kappa shape index (κ1) is 78.8. The van der Waals surface area contributed by atoms with Crippen LogP contribution < -0.4 is 53.3 Å². The molecule has 14 rings (SSSR count). The SMILES string of the molecule is C.COCOc1c(OC)c(C)cc2c1[C@@H]1C3Cc4c(O)c(C)c5c(c4[C@H](CNC(=O)CCc4ccccc4)N3[C@@H](C#N)[C@H](C2)N1C)OCO5.COCOc1c(OC)c(C)cc2c1[C@@H]1C3Cc4c(OC(=O)C(F)(F)C(F)(F)C(F)(F)F)c(C)c5c(c4[C@H](CNC(=O)CCc4ccccc4)N3[C@@H](C#N)[C@H](C2)N1C)OCO5. The van der Waals surface area contributed by atoms with Gasteiger partial charge in [-0.05, 0) is 114 Å². The number of phenols is 1. The molecule has 582 valence electrons. The number of aryl methyl sites for hydroxylation is 4. The molecule has 8 aliphatic rings. The minimum absolute atomic E-state index is 0. The molecule has 3 N–H and O–H groups in total. The van der Waals surface area contributed by atoms with E-state index in [0.29, 0.717) is 84.1 Å². The zero-order chi connectivity index (χ0) is 77.2. The monoisotopic (exact) mass is 1520 g/mol. The minimum atomic E-state index is -6.81. The van der Waals surface area contributed by atoms with E-state index in [9.17, 15) is 60.7 Å². The first-order chi connectivity index (χ1) is 51.7. The van der Waals surface area contributed by atoms with Gasteiger partial charge in [0.05, 0.1) is 50.5 Å². The summed E-state index contributed by atoms with van der Waals surface area (Å²) in [4.78, 5) is 48.2. The summed E-state index contributed by atoms with van der Waals surface area (Å²) in [5.41, 5.74) is 9.16. The molecule has 4 bridgehead atoms. The second-order valence-electron chi connectivity index (χ2n) is 28.2. The lowest BCUT2D eigenvalue weighted by molar-refractivity contribution is -0.346. The fourth-order valence-electron chi connectivity index (χ4n) is 17.6. The third kappa shape index (κ3) is 13.6. The van der Waals surface area contributed by atoms with Crippen LogP contribution in [0.15, 0.2) is 72.8 Å². The molecule has 10 atom stereocenters. The number of hydrogen-bond donors (Lipinski definition) is 3. The number of hydrogen-bond acceptors (Lipinski definition) is 21. The van der Waals surface area contributed by atoms with Crippen molar-refractivity contribution in [3.8, 4) is 69.6 Å². The van der Waals surface area contributed by atoms with E-state index in [1.165, 1.54) is 21.1 Å². The highest BCUT2D eigenvalue weighted by atomic mass is 19.4. The highest BCUT2D eigenvalue weighted by Crippen LogP contribution is 2.62. The number of benzene rings is 6. The Morgan fingerprint density at radius 1 is 0.560 bits per heavy atom. The molecule has 2 unspecified atom stereocenters. The largest absolute Gasteiger partial charge is 0.507 e. The van der Waals surface area contributed by atoms with Crippen LogP contribution in [0.1, 0.15) is 122 Å². The van der Waals surface area contributed by atoms with Gasteiger partial charge in [-0.15, -0.1) is 0 Å². The van der Waals surface area contributed by atoms with Gasteiger partial charge in [0.25, 0.3) is 0 Å². The molecule has 8 aliphatic heterocycles. The summed E-state index contributed by atoms with van der Waals surface area (Å²) in [5, 5.41) is 39.7. The van der Waals surface area contributed by atoms with Crippen LogP contribution in [0.25, 0.3) is 0 Å². The average Bonchev–Trinajstić information content (AvgIpc) is 1.09. The van der Waals surface area contributed by atoms with Crippen LogP contribution in [0.5, 0.6) is 57.5 Å². The van der Waals surface area contributed by atoms with E-state index in [4.69, 9.17) is 52.1 Å². The van der Waals surface area contributed by atoms with Gasteiger partial charge in [0.1, 0.15) is 23.6 Å². The molecule has 2 saturated heterocycles. The van der Waals surface area contributed by atoms with Crippen molar-refractivity contribution in [2.75, 3.05) is 82.8 Å². The number of alkyl halides is 7. The highest BCUT2D eigenvalue weighted by Gasteiger charge is 2.77. The van der Waals surface area contributed by atoms with E-state index in [1.807, 2.05) is 97.3 Å². The van der Waals surface area contributed by atoms with Gasteiger partial charge >= 0.3 is 24.0 Å². The molecule has 23 nitrogen and oxygen atoms in total. The average molecular weight is 1520 g/mol. The maximum absolute atomic E-state index is 15.0. The number of methoxy groups -OCH3 is 4. The van der Waals surface area contributed by atoms with Crippen LogP contribution in [0.3, 0.4) is 0 Å². The van der Waals surface area contributed by atoms with E-state index in [2.05, 4.69) is 45.7 Å². The summed E-state index contributed by atoms with van der Waals surface area (Å²) >= 11 is 0. The molecule has 6 aromatic rings. The summed E-state index contributed by atoms with van der Waals surface area (Å²) in [6.45, 7) is 6.36. The molecule has 0 spiro atoms. The first-order valence-corrected chi connectivity index (χ1v) is 35.3. The number of likely N-dealkylation sites (N-methyl/N-ethyl adjacent to an activating group) is 2. The number of aromatic hydroxyl groups is 1. The van der Waals surface area contributed by atoms with Crippen LogP contribution in [-0.2, 0) is 62.4 Å². The Morgan fingerprint density at radius 3 is 1.39 bits per heavy atom. The summed E-state index contributed by atoms with van der Waals surface area (Å²) in [6, 6.07) is 22.6. The summed E-state index contributed by atoms with van der Waals surface area (Å²) in [6.07, 6.45) is -4.29. The lowest BCUT2D eigenvalue weighted by Crippen LogP contribution is -2.68. The Morgan fingerprint density at radius 2 is 0.972 bits per heavy atom. The van der Waals surface area contributed by atoms with Crippen molar-refractivity contribution >= 4 is 17.8 Å². The lowest BCUT2D eigenvalue weighted by atomic mass is 9.71. The van der Waals surface area contributed by atoms with Crippen LogP contribution in [0.4, 0.5) is 30.7 Å². The maximum Gasteiger partial charge on any atom is 0.460 e. The van der Waals surface area contributed by atoms with Crippen LogP contribution in [0, 0.1) is 50.4 Å². The summed E-state index contributed by atoms with van der Waals surface area (Å²) in [5.74, 6) is -14.4. The van der Waals surface area contributed by atoms with E-state index in [-0.39, 0.29) is 112 Å². The van der Waals surface area contributed by atoms with Crippen molar-refractivity contribution in [2.24, 2.45) is 0 Å². The van der Waals surface area contributed by atoms with Crippen molar-refractivity contribution in [2.45, 2.75) is 165 Å². The van der Waals surface area contributed by atoms with Crippen molar-refractivity contribution in [3.05, 3.63) is 151 Å². The van der Waals surface area contributed by atoms with Gasteiger partial charge in [0, 0.05) is 109 Å². The van der Waals surface area contributed by atoms with Crippen molar-refractivity contribution in [1.29, 1.82) is 10.5 Å². The number of carbonyl (C=O) groups is 3. The molecule has 6 aromatic carbocycles. The van der Waals surface area contributed by atoms with Crippen LogP contribution >= 0.6 is 0 Å². The molecular weight excluding hydrogens is 1430 g/mol. The number of phenolic OH excluding ortho intramolecular Hbond substituents is 1. The molecular formula is C79H87F7N8O15. The van der Waals surface area contributed by atoms with E-state index in [1.54, 1.807) is 21.3 Å². The number of amides is 2. The highest BCUT2D eigenvalue weighted by molar-refractivity contribution is 5.83. The Hall–Kier alpha value is -9.82. The lowest BCUT2D eigenvalue weighted by Gasteiger charge is -2.60. The molecule has 30 heteroatoms.